The molecule has 1 aliphatic rings. The summed E-state index contributed by atoms with van der Waals surface area (Å²) < 4.78 is 5.76. The number of morpholine rings is 1. The van der Waals surface area contributed by atoms with Gasteiger partial charge in [-0.15, -0.1) is 0 Å². The summed E-state index contributed by atoms with van der Waals surface area (Å²) in [5, 5.41) is 3.32. The number of carbonyl (C=O) groups excluding carboxylic acids is 1. The minimum absolute atomic E-state index is 0.224. The van der Waals surface area contributed by atoms with Gasteiger partial charge in [0.15, 0.2) is 0 Å². The third-order valence-corrected chi connectivity index (χ3v) is 3.93. The van der Waals surface area contributed by atoms with Crippen LogP contribution in [0.3, 0.4) is 0 Å². The zero-order valence-electron chi connectivity index (χ0n) is 13.8. The summed E-state index contributed by atoms with van der Waals surface area (Å²) in [5.74, 6) is -0.285. The Labute approximate surface area is 123 Å². The fourth-order valence-electron chi connectivity index (χ4n) is 3.17. The van der Waals surface area contributed by atoms with E-state index in [1.165, 1.54) is 0 Å². The average molecular weight is 285 g/mol. The number of amides is 1. The largest absolute Gasteiger partial charge is 0.373 e. The van der Waals surface area contributed by atoms with Crippen LogP contribution in [-0.2, 0) is 9.53 Å². The molecule has 1 rings (SSSR count). The van der Waals surface area contributed by atoms with Crippen LogP contribution in [0.2, 0.25) is 0 Å². The fraction of sp³-hybridized carbons (Fsp3) is 0.933. The smallest absolute Gasteiger partial charge is 0.237 e. The molecule has 0 aromatic carbocycles. The number of nitrogens with one attached hydrogen (secondary N) is 1. The first-order chi connectivity index (χ1) is 9.14. The van der Waals surface area contributed by atoms with E-state index < -0.39 is 5.54 Å². The van der Waals surface area contributed by atoms with Crippen molar-refractivity contribution in [2.45, 2.75) is 77.8 Å². The predicted molar refractivity (Wildman–Crippen MR) is 81.5 cm³/mol. The van der Waals surface area contributed by atoms with E-state index >= 15 is 0 Å². The van der Waals surface area contributed by atoms with Gasteiger partial charge >= 0.3 is 0 Å². The van der Waals surface area contributed by atoms with E-state index in [1.54, 1.807) is 0 Å². The van der Waals surface area contributed by atoms with Crippen LogP contribution in [-0.4, -0.2) is 53.7 Å². The molecule has 5 nitrogen and oxygen atoms in total. The van der Waals surface area contributed by atoms with Crippen LogP contribution in [0.5, 0.6) is 0 Å². The first-order valence-corrected chi connectivity index (χ1v) is 7.61. The summed E-state index contributed by atoms with van der Waals surface area (Å²) in [4.78, 5) is 14.2. The highest BCUT2D eigenvalue weighted by Crippen LogP contribution is 2.21. The standard InChI is InChI=1S/C15H31N3O2/c1-10(2)17-15(6,14(16)19)7-11(3)18-8-12(4)20-13(5)9-18/h10-13,17H,7-9H2,1-6H3,(H2,16,19). The maximum Gasteiger partial charge on any atom is 0.237 e. The molecule has 4 atom stereocenters. The van der Waals surface area contributed by atoms with Crippen LogP contribution in [0.15, 0.2) is 0 Å². The van der Waals surface area contributed by atoms with Crippen molar-refractivity contribution >= 4 is 5.91 Å². The zero-order chi connectivity index (χ0) is 15.5. The molecule has 20 heavy (non-hydrogen) atoms. The zero-order valence-corrected chi connectivity index (χ0v) is 13.8. The van der Waals surface area contributed by atoms with Gasteiger partial charge < -0.3 is 15.8 Å². The lowest BCUT2D eigenvalue weighted by atomic mass is 9.90. The Morgan fingerprint density at radius 1 is 1.35 bits per heavy atom. The van der Waals surface area contributed by atoms with Gasteiger partial charge in [-0.05, 0) is 48.0 Å². The highest BCUT2D eigenvalue weighted by Gasteiger charge is 2.36. The number of carbonyl (C=O) groups is 1. The molecule has 0 aliphatic carbocycles. The molecule has 4 unspecified atom stereocenters. The van der Waals surface area contributed by atoms with Gasteiger partial charge in [0.2, 0.25) is 5.91 Å². The van der Waals surface area contributed by atoms with Crippen LogP contribution in [0.1, 0.15) is 48.0 Å². The highest BCUT2D eigenvalue weighted by atomic mass is 16.5. The molecule has 0 aromatic heterocycles. The Hall–Kier alpha value is -0.650. The molecule has 0 radical (unpaired) electrons. The van der Waals surface area contributed by atoms with E-state index in [9.17, 15) is 4.79 Å². The molecule has 0 bridgehead atoms. The van der Waals surface area contributed by atoms with Crippen LogP contribution in [0.25, 0.3) is 0 Å². The van der Waals surface area contributed by atoms with Gasteiger partial charge in [-0.2, -0.15) is 0 Å². The first-order valence-electron chi connectivity index (χ1n) is 7.61. The second-order valence-corrected chi connectivity index (χ2v) is 6.76. The third kappa shape index (κ3) is 4.72. The second-order valence-electron chi connectivity index (χ2n) is 6.76. The fourth-order valence-corrected chi connectivity index (χ4v) is 3.17. The van der Waals surface area contributed by atoms with Crippen molar-refractivity contribution in [1.82, 2.24) is 10.2 Å². The van der Waals surface area contributed by atoms with Gasteiger partial charge in [0.1, 0.15) is 0 Å². The van der Waals surface area contributed by atoms with Gasteiger partial charge in [-0.25, -0.2) is 0 Å². The van der Waals surface area contributed by atoms with Crippen LogP contribution in [0, 0.1) is 0 Å². The lowest BCUT2D eigenvalue weighted by molar-refractivity contribution is -0.125. The summed E-state index contributed by atoms with van der Waals surface area (Å²) in [5.41, 5.74) is 4.94. The maximum atomic E-state index is 11.8. The molecule has 1 amide bonds. The Kier molecular flexibility index (Phi) is 5.98. The summed E-state index contributed by atoms with van der Waals surface area (Å²) in [7, 11) is 0. The SMILES string of the molecule is CC(C)NC(C)(CC(C)N1CC(C)OC(C)C1)C(N)=O. The summed E-state index contributed by atoms with van der Waals surface area (Å²) in [6.07, 6.45) is 1.18. The summed E-state index contributed by atoms with van der Waals surface area (Å²) in [6.45, 7) is 14.1. The van der Waals surface area contributed by atoms with E-state index in [0.717, 1.165) is 13.1 Å². The van der Waals surface area contributed by atoms with Gasteiger partial charge in [0.05, 0.1) is 17.7 Å². The second kappa shape index (κ2) is 6.87. The molecule has 1 fully saturated rings. The number of nitrogens with zero attached hydrogens (tertiary/aromatic N) is 1. The van der Waals surface area contributed by atoms with Crippen LogP contribution >= 0.6 is 0 Å². The highest BCUT2D eigenvalue weighted by molar-refractivity contribution is 5.84. The van der Waals surface area contributed by atoms with Crippen LogP contribution in [0.4, 0.5) is 0 Å². The number of hydrogen-bond acceptors (Lipinski definition) is 4. The quantitative estimate of drug-likeness (QED) is 0.767. The lowest BCUT2D eigenvalue weighted by Gasteiger charge is -2.42. The van der Waals surface area contributed by atoms with Gasteiger partial charge in [0.25, 0.3) is 0 Å². The molecular formula is C15H31N3O2. The summed E-state index contributed by atoms with van der Waals surface area (Å²) >= 11 is 0. The van der Waals surface area contributed by atoms with Crippen molar-refractivity contribution in [3.05, 3.63) is 0 Å². The molecular weight excluding hydrogens is 254 g/mol. The van der Waals surface area contributed by atoms with Crippen molar-refractivity contribution in [3.8, 4) is 0 Å². The van der Waals surface area contributed by atoms with Crippen molar-refractivity contribution in [2.75, 3.05) is 13.1 Å². The Morgan fingerprint density at radius 3 is 2.25 bits per heavy atom. The monoisotopic (exact) mass is 285 g/mol. The molecule has 0 spiro atoms. The molecule has 1 saturated heterocycles. The van der Waals surface area contributed by atoms with Crippen molar-refractivity contribution in [1.29, 1.82) is 0 Å². The number of rotatable bonds is 6. The summed E-state index contributed by atoms with van der Waals surface area (Å²) in [6, 6.07) is 0.509. The predicted octanol–water partition coefficient (Wildman–Crippen LogP) is 1.12. The molecule has 0 saturated carbocycles. The Bertz CT molecular complexity index is 325. The third-order valence-electron chi connectivity index (χ3n) is 3.93. The topological polar surface area (TPSA) is 67.6 Å². The number of hydrogen-bond donors (Lipinski definition) is 2. The average Bonchev–Trinajstić information content (AvgIpc) is 2.25. The Morgan fingerprint density at radius 2 is 1.85 bits per heavy atom. The van der Waals surface area contributed by atoms with E-state index in [4.69, 9.17) is 10.5 Å². The maximum absolute atomic E-state index is 11.8. The Balaban J connectivity index is 2.70. The molecule has 5 heteroatoms. The molecule has 3 N–H and O–H groups in total. The van der Waals surface area contributed by atoms with Crippen molar-refractivity contribution in [2.24, 2.45) is 5.73 Å². The van der Waals surface area contributed by atoms with Gasteiger partial charge in [0, 0.05) is 25.2 Å². The number of ether oxygens (including phenoxy) is 1. The molecule has 1 aliphatic heterocycles. The van der Waals surface area contributed by atoms with Crippen molar-refractivity contribution in [3.63, 3.8) is 0 Å². The van der Waals surface area contributed by atoms with E-state index in [2.05, 4.69) is 31.0 Å². The van der Waals surface area contributed by atoms with Gasteiger partial charge in [-0.1, -0.05) is 0 Å². The minimum atomic E-state index is -0.668. The minimum Gasteiger partial charge on any atom is -0.373 e. The van der Waals surface area contributed by atoms with E-state index in [1.807, 2.05) is 20.8 Å². The molecule has 1 heterocycles. The molecule has 118 valence electrons. The van der Waals surface area contributed by atoms with Gasteiger partial charge in [-0.3, -0.25) is 9.69 Å². The number of nitrogens with two attached hydrogens (primary N) is 1. The lowest BCUT2D eigenvalue weighted by Crippen LogP contribution is -2.59. The van der Waals surface area contributed by atoms with E-state index in [0.29, 0.717) is 6.42 Å². The van der Waals surface area contributed by atoms with Crippen LogP contribution < -0.4 is 11.1 Å². The van der Waals surface area contributed by atoms with E-state index in [-0.39, 0.29) is 30.2 Å². The number of primary amides is 1. The first kappa shape index (κ1) is 17.4. The molecule has 0 aromatic rings. The van der Waals surface area contributed by atoms with Crippen molar-refractivity contribution < 1.29 is 9.53 Å². The normalized spacial score (nSPS) is 29.1.